The van der Waals surface area contributed by atoms with Gasteiger partial charge in [0.2, 0.25) is 0 Å². The quantitative estimate of drug-likeness (QED) is 0.337. The van der Waals surface area contributed by atoms with Crippen molar-refractivity contribution in [1.82, 2.24) is 5.43 Å². The van der Waals surface area contributed by atoms with Crippen LogP contribution in [0.4, 0.5) is 0 Å². The molecule has 4 aromatic carbocycles. The van der Waals surface area contributed by atoms with Crippen molar-refractivity contribution in [3.8, 4) is 11.5 Å². The van der Waals surface area contributed by atoms with Crippen LogP contribution in [-0.2, 0) is 6.61 Å². The highest BCUT2D eigenvalue weighted by Crippen LogP contribution is 2.30. The lowest BCUT2D eigenvalue weighted by atomic mass is 10.0. The number of carbonyl (C=O) groups excluding carboxylic acids is 1. The summed E-state index contributed by atoms with van der Waals surface area (Å²) in [6, 6.07) is 28.8. The highest BCUT2D eigenvalue weighted by Gasteiger charge is 2.11. The third-order valence-corrected chi connectivity index (χ3v) is 4.86. The molecule has 0 aliphatic carbocycles. The second-order valence-electron chi connectivity index (χ2n) is 6.88. The van der Waals surface area contributed by atoms with Crippen molar-refractivity contribution < 1.29 is 14.3 Å². The maximum Gasteiger partial charge on any atom is 0.271 e. The first kappa shape index (κ1) is 20.2. The van der Waals surface area contributed by atoms with Crippen LogP contribution in [-0.4, -0.2) is 19.2 Å². The number of methoxy groups -OCH3 is 1. The predicted octanol–water partition coefficient (Wildman–Crippen LogP) is 5.19. The third-order valence-electron chi connectivity index (χ3n) is 4.86. The number of amides is 1. The van der Waals surface area contributed by atoms with E-state index in [1.54, 1.807) is 19.4 Å². The zero-order chi connectivity index (χ0) is 21.5. The fourth-order valence-electron chi connectivity index (χ4n) is 3.32. The van der Waals surface area contributed by atoms with Gasteiger partial charge < -0.3 is 9.47 Å². The molecule has 31 heavy (non-hydrogen) atoms. The van der Waals surface area contributed by atoms with E-state index in [2.05, 4.69) is 10.5 Å². The summed E-state index contributed by atoms with van der Waals surface area (Å²) < 4.78 is 11.5. The minimum Gasteiger partial charge on any atom is -0.493 e. The Morgan fingerprint density at radius 2 is 1.65 bits per heavy atom. The van der Waals surface area contributed by atoms with Gasteiger partial charge in [-0.15, -0.1) is 0 Å². The summed E-state index contributed by atoms with van der Waals surface area (Å²) >= 11 is 0. The van der Waals surface area contributed by atoms with Gasteiger partial charge in [0.15, 0.2) is 11.5 Å². The number of hydrogen-bond donors (Lipinski definition) is 1. The molecule has 0 aliphatic heterocycles. The van der Waals surface area contributed by atoms with E-state index in [1.165, 1.54) is 0 Å². The van der Waals surface area contributed by atoms with Crippen LogP contribution in [0.1, 0.15) is 21.5 Å². The summed E-state index contributed by atoms with van der Waals surface area (Å²) in [5.74, 6) is 0.889. The van der Waals surface area contributed by atoms with Gasteiger partial charge in [0, 0.05) is 11.1 Å². The summed E-state index contributed by atoms with van der Waals surface area (Å²) in [4.78, 5) is 12.7. The van der Waals surface area contributed by atoms with Crippen molar-refractivity contribution in [3.05, 3.63) is 108 Å². The van der Waals surface area contributed by atoms with Gasteiger partial charge >= 0.3 is 0 Å². The van der Waals surface area contributed by atoms with Crippen LogP contribution >= 0.6 is 0 Å². The molecule has 5 nitrogen and oxygen atoms in total. The van der Waals surface area contributed by atoms with Crippen LogP contribution in [0.5, 0.6) is 11.5 Å². The van der Waals surface area contributed by atoms with Gasteiger partial charge in [0.05, 0.1) is 13.3 Å². The van der Waals surface area contributed by atoms with Crippen LogP contribution in [0, 0.1) is 0 Å². The molecule has 0 atom stereocenters. The number of nitrogens with one attached hydrogen (secondary N) is 1. The van der Waals surface area contributed by atoms with Crippen molar-refractivity contribution in [3.63, 3.8) is 0 Å². The molecule has 0 fully saturated rings. The van der Waals surface area contributed by atoms with Crippen molar-refractivity contribution in [1.29, 1.82) is 0 Å². The van der Waals surface area contributed by atoms with Crippen LogP contribution in [0.25, 0.3) is 10.8 Å². The maximum atomic E-state index is 12.7. The Labute approximate surface area is 180 Å². The Morgan fingerprint density at radius 3 is 2.48 bits per heavy atom. The Kier molecular flexibility index (Phi) is 6.24. The average Bonchev–Trinajstić information content (AvgIpc) is 2.83. The first-order valence-corrected chi connectivity index (χ1v) is 9.91. The number of fused-ring (bicyclic) bond motifs is 1. The maximum absolute atomic E-state index is 12.7. The largest absolute Gasteiger partial charge is 0.493 e. The highest BCUT2D eigenvalue weighted by molar-refractivity contribution is 6.07. The molecule has 0 aromatic heterocycles. The van der Waals surface area contributed by atoms with Crippen molar-refractivity contribution >= 4 is 22.9 Å². The van der Waals surface area contributed by atoms with Crippen molar-refractivity contribution in [2.24, 2.45) is 5.10 Å². The van der Waals surface area contributed by atoms with Crippen LogP contribution < -0.4 is 14.9 Å². The molecule has 0 spiro atoms. The summed E-state index contributed by atoms with van der Waals surface area (Å²) in [5, 5.41) is 6.04. The second kappa shape index (κ2) is 9.59. The number of ether oxygens (including phenoxy) is 2. The third kappa shape index (κ3) is 4.73. The fraction of sp³-hybridized carbons (Fsp3) is 0.0769. The van der Waals surface area contributed by atoms with Crippen LogP contribution in [0.3, 0.4) is 0 Å². The number of rotatable bonds is 7. The van der Waals surface area contributed by atoms with E-state index in [1.807, 2.05) is 84.9 Å². The van der Waals surface area contributed by atoms with E-state index in [0.717, 1.165) is 16.3 Å². The normalized spacial score (nSPS) is 10.9. The molecule has 0 saturated carbocycles. The Hall–Kier alpha value is -4.12. The van der Waals surface area contributed by atoms with E-state index in [9.17, 15) is 4.79 Å². The van der Waals surface area contributed by atoms with Crippen LogP contribution in [0.15, 0.2) is 96.1 Å². The molecule has 4 rings (SSSR count). The Morgan fingerprint density at radius 1 is 0.903 bits per heavy atom. The number of hydrogen-bond acceptors (Lipinski definition) is 4. The zero-order valence-corrected chi connectivity index (χ0v) is 17.1. The molecule has 0 bridgehead atoms. The number of benzene rings is 4. The molecule has 0 radical (unpaired) electrons. The molecule has 0 unspecified atom stereocenters. The van der Waals surface area contributed by atoms with Gasteiger partial charge in [-0.2, -0.15) is 5.10 Å². The van der Waals surface area contributed by atoms with E-state index in [0.29, 0.717) is 29.2 Å². The molecule has 1 amide bonds. The van der Waals surface area contributed by atoms with Gasteiger partial charge in [0.25, 0.3) is 5.91 Å². The number of hydrazone groups is 1. The lowest BCUT2D eigenvalue weighted by molar-refractivity contribution is 0.0957. The fourth-order valence-corrected chi connectivity index (χ4v) is 3.32. The molecule has 154 valence electrons. The Bertz CT molecular complexity index is 1210. The summed E-state index contributed by atoms with van der Waals surface area (Å²) in [5.41, 5.74) is 4.93. The SMILES string of the molecule is COc1cccc(/C=N\NC(=O)c2cccc3ccccc23)c1OCc1ccccc1. The number of carbonyl (C=O) groups is 1. The van der Waals surface area contributed by atoms with Gasteiger partial charge in [0.1, 0.15) is 6.61 Å². The molecule has 1 N–H and O–H groups in total. The smallest absolute Gasteiger partial charge is 0.271 e. The number of para-hydroxylation sites is 1. The minimum absolute atomic E-state index is 0.275. The van der Waals surface area contributed by atoms with E-state index >= 15 is 0 Å². The van der Waals surface area contributed by atoms with E-state index in [4.69, 9.17) is 9.47 Å². The first-order chi connectivity index (χ1) is 15.3. The van der Waals surface area contributed by atoms with Crippen molar-refractivity contribution in [2.75, 3.05) is 7.11 Å². The average molecular weight is 410 g/mol. The van der Waals surface area contributed by atoms with Gasteiger partial charge in [-0.1, -0.05) is 72.8 Å². The second-order valence-corrected chi connectivity index (χ2v) is 6.88. The summed E-state index contributed by atoms with van der Waals surface area (Å²) in [7, 11) is 1.59. The van der Waals surface area contributed by atoms with E-state index in [-0.39, 0.29) is 5.91 Å². The number of nitrogens with zero attached hydrogens (tertiary/aromatic N) is 1. The highest BCUT2D eigenvalue weighted by atomic mass is 16.5. The van der Waals surface area contributed by atoms with Crippen molar-refractivity contribution in [2.45, 2.75) is 6.61 Å². The summed E-state index contributed by atoms with van der Waals surface area (Å²) in [6.45, 7) is 0.393. The standard InChI is InChI=1S/C26H22N2O3/c1-30-24-16-8-13-21(25(24)31-18-19-9-3-2-4-10-19)17-27-28-26(29)23-15-7-12-20-11-5-6-14-22(20)23/h2-17H,18H2,1H3,(H,28,29)/b27-17-. The molecule has 0 saturated heterocycles. The summed E-state index contributed by atoms with van der Waals surface area (Å²) in [6.07, 6.45) is 1.56. The van der Waals surface area contributed by atoms with Crippen LogP contribution in [0.2, 0.25) is 0 Å². The molecule has 5 heteroatoms. The predicted molar refractivity (Wildman–Crippen MR) is 123 cm³/mol. The monoisotopic (exact) mass is 410 g/mol. The first-order valence-electron chi connectivity index (χ1n) is 9.91. The lowest BCUT2D eigenvalue weighted by Crippen LogP contribution is -2.18. The lowest BCUT2D eigenvalue weighted by Gasteiger charge is -2.13. The minimum atomic E-state index is -0.275. The molecular formula is C26H22N2O3. The van der Waals surface area contributed by atoms with Gasteiger partial charge in [-0.3, -0.25) is 4.79 Å². The zero-order valence-electron chi connectivity index (χ0n) is 17.1. The molecule has 4 aromatic rings. The topological polar surface area (TPSA) is 59.9 Å². The molecule has 0 aliphatic rings. The van der Waals surface area contributed by atoms with Gasteiger partial charge in [-0.05, 0) is 34.5 Å². The molecule has 0 heterocycles. The van der Waals surface area contributed by atoms with Gasteiger partial charge in [-0.25, -0.2) is 5.43 Å². The molecular weight excluding hydrogens is 388 g/mol. The Balaban J connectivity index is 1.52. The van der Waals surface area contributed by atoms with E-state index < -0.39 is 0 Å².